The number of nitrogens with zero attached hydrogens (tertiary/aromatic N) is 1. The Kier molecular flexibility index (Phi) is 7.85. The van der Waals surface area contributed by atoms with E-state index in [0.29, 0.717) is 0 Å². The molecule has 254 valence electrons. The van der Waals surface area contributed by atoms with Crippen LogP contribution in [0.3, 0.4) is 0 Å². The molecule has 0 atom stereocenters. The molecule has 0 radical (unpaired) electrons. The van der Waals surface area contributed by atoms with Crippen LogP contribution in [0.4, 0.5) is 17.1 Å². The molecule has 0 bridgehead atoms. The lowest BCUT2D eigenvalue weighted by Gasteiger charge is -2.27. The fourth-order valence-corrected chi connectivity index (χ4v) is 7.85. The number of anilines is 3. The first-order chi connectivity index (χ1) is 26.8. The van der Waals surface area contributed by atoms with Crippen molar-refractivity contribution in [2.75, 3.05) is 4.90 Å². The van der Waals surface area contributed by atoms with Crippen LogP contribution in [-0.4, -0.2) is 0 Å². The van der Waals surface area contributed by atoms with Crippen LogP contribution in [-0.2, 0) is 0 Å². The van der Waals surface area contributed by atoms with Gasteiger partial charge < -0.3 is 9.32 Å². The van der Waals surface area contributed by atoms with Gasteiger partial charge in [0.25, 0.3) is 0 Å². The highest BCUT2D eigenvalue weighted by Gasteiger charge is 2.19. The Morgan fingerprint density at radius 3 is 1.41 bits per heavy atom. The third-order valence-electron chi connectivity index (χ3n) is 10.4. The first kappa shape index (κ1) is 31.6. The van der Waals surface area contributed by atoms with Crippen LogP contribution in [0, 0.1) is 0 Å². The van der Waals surface area contributed by atoms with Crippen molar-refractivity contribution in [3.8, 4) is 44.5 Å². The van der Waals surface area contributed by atoms with Crippen LogP contribution >= 0.6 is 0 Å². The van der Waals surface area contributed by atoms with E-state index in [1.165, 1.54) is 44.2 Å². The maximum Gasteiger partial charge on any atom is 0.137 e. The third-order valence-corrected chi connectivity index (χ3v) is 10.4. The van der Waals surface area contributed by atoms with Gasteiger partial charge in [-0.1, -0.05) is 158 Å². The maximum absolute atomic E-state index is 6.71. The summed E-state index contributed by atoms with van der Waals surface area (Å²) in [6.45, 7) is 0. The fourth-order valence-electron chi connectivity index (χ4n) is 7.85. The van der Waals surface area contributed by atoms with Crippen molar-refractivity contribution in [2.24, 2.45) is 0 Å². The van der Waals surface area contributed by atoms with E-state index in [9.17, 15) is 0 Å². The molecule has 0 fully saturated rings. The standard InChI is InChI=1S/C52H35NO/c1-5-14-36(15-6-1)39-24-26-43(27-25-39)53(45-33-41(37-16-7-2-8-17-37)32-42(34-45)38-18-9-3-10-19-38)44-28-29-49-51(35-44)54-50-31-30-47-46(40-20-11-4-12-21-40)22-13-23-48(47)52(49)50/h1-35H. The summed E-state index contributed by atoms with van der Waals surface area (Å²) in [5.74, 6) is 0. The van der Waals surface area contributed by atoms with Gasteiger partial charge in [-0.2, -0.15) is 0 Å². The molecule has 0 saturated carbocycles. The number of hydrogen-bond donors (Lipinski definition) is 0. The van der Waals surface area contributed by atoms with Crippen LogP contribution in [0.15, 0.2) is 217 Å². The van der Waals surface area contributed by atoms with Crippen molar-refractivity contribution < 1.29 is 4.42 Å². The van der Waals surface area contributed by atoms with Gasteiger partial charge in [0.1, 0.15) is 11.2 Å². The van der Waals surface area contributed by atoms with E-state index in [2.05, 4.69) is 217 Å². The summed E-state index contributed by atoms with van der Waals surface area (Å²) < 4.78 is 6.71. The van der Waals surface area contributed by atoms with Gasteiger partial charge in [-0.25, -0.2) is 0 Å². The summed E-state index contributed by atoms with van der Waals surface area (Å²) in [5.41, 5.74) is 14.3. The second kappa shape index (κ2) is 13.4. The Bertz CT molecular complexity index is 2840. The van der Waals surface area contributed by atoms with Gasteiger partial charge in [0.2, 0.25) is 0 Å². The van der Waals surface area contributed by atoms with Crippen molar-refractivity contribution >= 4 is 49.8 Å². The molecule has 9 aromatic carbocycles. The minimum absolute atomic E-state index is 0.855. The molecule has 0 spiro atoms. The molecule has 10 rings (SSSR count). The predicted molar refractivity (Wildman–Crippen MR) is 228 cm³/mol. The SMILES string of the molecule is c1ccc(-c2ccc(N(c3cc(-c4ccccc4)cc(-c4ccccc4)c3)c3ccc4c(c3)oc3ccc5c(-c6ccccc6)cccc5c34)cc2)cc1. The molecule has 0 aliphatic rings. The van der Waals surface area contributed by atoms with E-state index in [0.717, 1.165) is 50.1 Å². The average molecular weight is 690 g/mol. The van der Waals surface area contributed by atoms with Gasteiger partial charge in [0, 0.05) is 33.9 Å². The molecular formula is C52H35NO. The molecule has 0 aliphatic carbocycles. The van der Waals surface area contributed by atoms with Crippen molar-refractivity contribution in [1.29, 1.82) is 0 Å². The number of fused-ring (bicyclic) bond motifs is 5. The zero-order chi connectivity index (χ0) is 35.8. The molecular weight excluding hydrogens is 655 g/mol. The summed E-state index contributed by atoms with van der Waals surface area (Å²) in [5, 5.41) is 4.65. The normalized spacial score (nSPS) is 11.3. The Morgan fingerprint density at radius 2 is 0.796 bits per heavy atom. The molecule has 1 aromatic heterocycles. The molecule has 0 N–H and O–H groups in total. The Labute approximate surface area is 314 Å². The van der Waals surface area contributed by atoms with Crippen LogP contribution in [0.25, 0.3) is 77.2 Å². The van der Waals surface area contributed by atoms with Crippen LogP contribution in [0.2, 0.25) is 0 Å². The van der Waals surface area contributed by atoms with E-state index in [1.54, 1.807) is 0 Å². The topological polar surface area (TPSA) is 16.4 Å². The molecule has 54 heavy (non-hydrogen) atoms. The zero-order valence-corrected chi connectivity index (χ0v) is 29.6. The van der Waals surface area contributed by atoms with Gasteiger partial charge >= 0.3 is 0 Å². The number of rotatable bonds is 7. The number of hydrogen-bond acceptors (Lipinski definition) is 2. The summed E-state index contributed by atoms with van der Waals surface area (Å²) >= 11 is 0. The summed E-state index contributed by atoms with van der Waals surface area (Å²) in [7, 11) is 0. The molecule has 0 aliphatic heterocycles. The minimum atomic E-state index is 0.855. The highest BCUT2D eigenvalue weighted by atomic mass is 16.3. The highest BCUT2D eigenvalue weighted by molar-refractivity contribution is 6.21. The molecule has 10 aromatic rings. The second-order valence-electron chi connectivity index (χ2n) is 13.7. The third kappa shape index (κ3) is 5.71. The lowest BCUT2D eigenvalue weighted by atomic mass is 9.95. The van der Waals surface area contributed by atoms with Crippen molar-refractivity contribution in [2.45, 2.75) is 0 Å². The number of benzene rings is 9. The van der Waals surface area contributed by atoms with Gasteiger partial charge in [0.15, 0.2) is 0 Å². The Balaban J connectivity index is 1.17. The molecule has 1 heterocycles. The number of furan rings is 1. The lowest BCUT2D eigenvalue weighted by molar-refractivity contribution is 0.669. The monoisotopic (exact) mass is 689 g/mol. The van der Waals surface area contributed by atoms with Crippen molar-refractivity contribution in [3.63, 3.8) is 0 Å². The first-order valence-electron chi connectivity index (χ1n) is 18.4. The summed E-state index contributed by atoms with van der Waals surface area (Å²) in [6, 6.07) is 75.8. The molecule has 0 saturated heterocycles. The molecule has 0 amide bonds. The van der Waals surface area contributed by atoms with Crippen molar-refractivity contribution in [3.05, 3.63) is 212 Å². The van der Waals surface area contributed by atoms with Crippen LogP contribution < -0.4 is 4.90 Å². The van der Waals surface area contributed by atoms with Gasteiger partial charge in [-0.15, -0.1) is 0 Å². The maximum atomic E-state index is 6.71. The van der Waals surface area contributed by atoms with E-state index in [1.807, 2.05) is 0 Å². The quantitative estimate of drug-likeness (QED) is 0.166. The van der Waals surface area contributed by atoms with Gasteiger partial charge in [-0.3, -0.25) is 0 Å². The van der Waals surface area contributed by atoms with Gasteiger partial charge in [-0.05, 0) is 104 Å². The van der Waals surface area contributed by atoms with Crippen LogP contribution in [0.5, 0.6) is 0 Å². The van der Waals surface area contributed by atoms with E-state index in [-0.39, 0.29) is 0 Å². The van der Waals surface area contributed by atoms with Crippen LogP contribution in [0.1, 0.15) is 0 Å². The Morgan fingerprint density at radius 1 is 0.278 bits per heavy atom. The fraction of sp³-hybridized carbons (Fsp3) is 0. The Hall–Kier alpha value is -7.16. The first-order valence-corrected chi connectivity index (χ1v) is 18.4. The molecule has 2 nitrogen and oxygen atoms in total. The largest absolute Gasteiger partial charge is 0.456 e. The van der Waals surface area contributed by atoms with Gasteiger partial charge in [0.05, 0.1) is 0 Å². The van der Waals surface area contributed by atoms with E-state index < -0.39 is 0 Å². The average Bonchev–Trinajstić information content (AvgIpc) is 3.64. The molecule has 0 unspecified atom stereocenters. The highest BCUT2D eigenvalue weighted by Crippen LogP contribution is 2.44. The predicted octanol–water partition coefficient (Wildman–Crippen LogP) is 14.9. The minimum Gasteiger partial charge on any atom is -0.456 e. The lowest BCUT2D eigenvalue weighted by Crippen LogP contribution is -2.10. The summed E-state index contributed by atoms with van der Waals surface area (Å²) in [6.07, 6.45) is 0. The van der Waals surface area contributed by atoms with E-state index >= 15 is 0 Å². The molecule has 2 heteroatoms. The smallest absolute Gasteiger partial charge is 0.137 e. The summed E-state index contributed by atoms with van der Waals surface area (Å²) in [4.78, 5) is 2.35. The second-order valence-corrected chi connectivity index (χ2v) is 13.7. The zero-order valence-electron chi connectivity index (χ0n) is 29.6. The van der Waals surface area contributed by atoms with E-state index in [4.69, 9.17) is 4.42 Å². The van der Waals surface area contributed by atoms with Crippen molar-refractivity contribution in [1.82, 2.24) is 0 Å².